The van der Waals surface area contributed by atoms with Crippen LogP contribution in [0.4, 0.5) is 0 Å². The van der Waals surface area contributed by atoms with E-state index in [9.17, 15) is 9.59 Å². The van der Waals surface area contributed by atoms with E-state index in [0.717, 1.165) is 33.1 Å². The normalized spacial score (nSPS) is 13.8. The van der Waals surface area contributed by atoms with Gasteiger partial charge in [0.1, 0.15) is 0 Å². The van der Waals surface area contributed by atoms with Crippen molar-refractivity contribution in [2.24, 2.45) is 0 Å². The largest absolute Gasteiger partial charge is 0.308 e. The van der Waals surface area contributed by atoms with E-state index in [-0.39, 0.29) is 11.8 Å². The molecule has 4 aromatic rings. The summed E-state index contributed by atoms with van der Waals surface area (Å²) in [5.41, 5.74) is 4.92. The highest BCUT2D eigenvalue weighted by molar-refractivity contribution is 6.23. The fraction of sp³-hybridized carbons (Fsp3) is 0.0909. The number of aryl methyl sites for hydroxylation is 1. The van der Waals surface area contributed by atoms with E-state index >= 15 is 0 Å². The summed E-state index contributed by atoms with van der Waals surface area (Å²) in [6.45, 7) is 2.07. The summed E-state index contributed by atoms with van der Waals surface area (Å²) in [5.74, 6) is -0.496. The Morgan fingerprint density at radius 1 is 0.769 bits per heavy atom. The fourth-order valence-corrected chi connectivity index (χ4v) is 4.01. The van der Waals surface area contributed by atoms with Gasteiger partial charge in [0.25, 0.3) is 11.8 Å². The number of benzene rings is 3. The lowest BCUT2D eigenvalue weighted by atomic mass is 10.1. The lowest BCUT2D eigenvalue weighted by molar-refractivity contribution is 0.0693. The Labute approximate surface area is 150 Å². The third-order valence-corrected chi connectivity index (χ3v) is 5.23. The maximum Gasteiger partial charge on any atom is 0.263 e. The van der Waals surface area contributed by atoms with Gasteiger partial charge >= 0.3 is 0 Å². The van der Waals surface area contributed by atoms with Crippen molar-refractivity contribution in [3.8, 4) is 5.69 Å². The molecule has 3 aromatic carbocycles. The highest BCUT2D eigenvalue weighted by Crippen LogP contribution is 2.36. The fourth-order valence-electron chi connectivity index (χ4n) is 4.01. The number of nitrogens with zero attached hydrogens (tertiary/aromatic N) is 2. The monoisotopic (exact) mass is 340 g/mol. The predicted molar refractivity (Wildman–Crippen MR) is 102 cm³/mol. The third kappa shape index (κ3) is 1.73. The lowest BCUT2D eigenvalue weighted by Gasteiger charge is -2.12. The minimum atomic E-state index is -0.250. The van der Waals surface area contributed by atoms with Gasteiger partial charge in [-0.05, 0) is 30.7 Å². The summed E-state index contributed by atoms with van der Waals surface area (Å²) in [4.78, 5) is 26.4. The number of imide groups is 1. The van der Waals surface area contributed by atoms with Crippen LogP contribution in [0.2, 0.25) is 0 Å². The van der Waals surface area contributed by atoms with Crippen molar-refractivity contribution in [3.63, 3.8) is 0 Å². The molecule has 0 aliphatic carbocycles. The second-order valence-electron chi connectivity index (χ2n) is 6.69. The summed E-state index contributed by atoms with van der Waals surface area (Å²) >= 11 is 0. The van der Waals surface area contributed by atoms with Crippen LogP contribution in [0.1, 0.15) is 26.3 Å². The Morgan fingerprint density at radius 3 is 2.35 bits per heavy atom. The number of para-hydroxylation sites is 2. The summed E-state index contributed by atoms with van der Waals surface area (Å²) in [5, 5.41) is 2.28. The minimum Gasteiger partial charge on any atom is -0.308 e. The Bertz CT molecular complexity index is 1250. The van der Waals surface area contributed by atoms with Crippen molar-refractivity contribution in [1.82, 2.24) is 9.47 Å². The first-order chi connectivity index (χ1) is 12.6. The maximum atomic E-state index is 12.8. The highest BCUT2D eigenvalue weighted by Gasteiger charge is 2.35. The number of hydrogen-bond acceptors (Lipinski definition) is 2. The number of aromatic nitrogens is 1. The van der Waals surface area contributed by atoms with Crippen LogP contribution in [0.25, 0.3) is 27.5 Å². The molecule has 0 bridgehead atoms. The molecule has 0 saturated carbocycles. The molecule has 1 aliphatic heterocycles. The minimum absolute atomic E-state index is 0.246. The third-order valence-electron chi connectivity index (χ3n) is 5.23. The summed E-state index contributed by atoms with van der Waals surface area (Å²) in [6.07, 6.45) is 0. The number of carbonyl (C=O) groups excluding carboxylic acids is 2. The highest BCUT2D eigenvalue weighted by atomic mass is 16.2. The van der Waals surface area contributed by atoms with Crippen molar-refractivity contribution >= 4 is 33.6 Å². The first-order valence-electron chi connectivity index (χ1n) is 8.54. The van der Waals surface area contributed by atoms with E-state index in [1.165, 1.54) is 11.9 Å². The Hall–Kier alpha value is -3.40. The van der Waals surface area contributed by atoms with Crippen molar-refractivity contribution in [3.05, 3.63) is 77.4 Å². The standard InChI is InChI=1S/C22H16N2O2/c1-13-7-5-9-15-14-8-3-4-11-17(14)24(20(13)15)18-12-6-10-16-19(18)22(26)23(2)21(16)25/h3-12H,1-2H3. The van der Waals surface area contributed by atoms with Crippen LogP contribution >= 0.6 is 0 Å². The van der Waals surface area contributed by atoms with Crippen LogP contribution in [0.15, 0.2) is 60.7 Å². The average molecular weight is 340 g/mol. The molecule has 1 aromatic heterocycles. The molecular formula is C22H16N2O2. The van der Waals surface area contributed by atoms with Crippen LogP contribution in [-0.2, 0) is 0 Å². The van der Waals surface area contributed by atoms with Gasteiger partial charge in [0, 0.05) is 17.8 Å². The number of carbonyl (C=O) groups is 2. The van der Waals surface area contributed by atoms with Gasteiger partial charge in [-0.25, -0.2) is 0 Å². The predicted octanol–water partition coefficient (Wildman–Crippen LogP) is 4.32. The Balaban J connectivity index is 1.99. The second kappa shape index (κ2) is 5.05. The first-order valence-corrected chi connectivity index (χ1v) is 8.54. The van der Waals surface area contributed by atoms with Crippen LogP contribution < -0.4 is 0 Å². The van der Waals surface area contributed by atoms with E-state index < -0.39 is 0 Å². The van der Waals surface area contributed by atoms with Gasteiger partial charge in [0.05, 0.1) is 27.8 Å². The van der Waals surface area contributed by atoms with E-state index in [1.54, 1.807) is 6.07 Å². The molecule has 0 spiro atoms. The average Bonchev–Trinajstić information content (AvgIpc) is 3.11. The Kier molecular flexibility index (Phi) is 2.89. The zero-order valence-electron chi connectivity index (χ0n) is 14.5. The SMILES string of the molecule is Cc1cccc2c3ccccc3n(-c3cccc4c3C(=O)N(C)C4=O)c12. The quantitative estimate of drug-likeness (QED) is 0.484. The topological polar surface area (TPSA) is 42.3 Å². The van der Waals surface area contributed by atoms with Gasteiger partial charge in [-0.3, -0.25) is 14.5 Å². The number of fused-ring (bicyclic) bond motifs is 4. The molecule has 26 heavy (non-hydrogen) atoms. The molecule has 2 heterocycles. The molecule has 126 valence electrons. The van der Waals surface area contributed by atoms with E-state index in [2.05, 4.69) is 35.8 Å². The van der Waals surface area contributed by atoms with Gasteiger partial charge in [-0.1, -0.05) is 42.5 Å². The van der Waals surface area contributed by atoms with Gasteiger partial charge in [-0.15, -0.1) is 0 Å². The van der Waals surface area contributed by atoms with Crippen molar-refractivity contribution < 1.29 is 9.59 Å². The molecule has 0 radical (unpaired) electrons. The number of rotatable bonds is 1. The molecule has 0 N–H and O–H groups in total. The van der Waals surface area contributed by atoms with E-state index in [4.69, 9.17) is 0 Å². The zero-order valence-corrected chi connectivity index (χ0v) is 14.5. The summed E-state index contributed by atoms with van der Waals surface area (Å²) < 4.78 is 2.11. The molecule has 5 rings (SSSR count). The van der Waals surface area contributed by atoms with Crippen LogP contribution in [0.5, 0.6) is 0 Å². The first kappa shape index (κ1) is 14.9. The van der Waals surface area contributed by atoms with Gasteiger partial charge in [-0.2, -0.15) is 0 Å². The van der Waals surface area contributed by atoms with Crippen LogP contribution in [0.3, 0.4) is 0 Å². The molecule has 4 nitrogen and oxygen atoms in total. The molecule has 0 atom stereocenters. The Morgan fingerprint density at radius 2 is 1.50 bits per heavy atom. The second-order valence-corrected chi connectivity index (χ2v) is 6.69. The van der Waals surface area contributed by atoms with Gasteiger partial charge < -0.3 is 4.57 Å². The van der Waals surface area contributed by atoms with Gasteiger partial charge in [0.2, 0.25) is 0 Å². The van der Waals surface area contributed by atoms with Crippen LogP contribution in [0, 0.1) is 6.92 Å². The van der Waals surface area contributed by atoms with E-state index in [1.807, 2.05) is 30.3 Å². The summed E-state index contributed by atoms with van der Waals surface area (Å²) in [6, 6.07) is 19.9. The molecule has 0 saturated heterocycles. The van der Waals surface area contributed by atoms with Crippen molar-refractivity contribution in [2.75, 3.05) is 7.05 Å². The number of amides is 2. The zero-order chi connectivity index (χ0) is 18.0. The maximum absolute atomic E-state index is 12.8. The van der Waals surface area contributed by atoms with Crippen molar-refractivity contribution in [1.29, 1.82) is 0 Å². The van der Waals surface area contributed by atoms with Crippen LogP contribution in [-0.4, -0.2) is 28.3 Å². The summed E-state index contributed by atoms with van der Waals surface area (Å²) in [7, 11) is 1.53. The van der Waals surface area contributed by atoms with Crippen molar-refractivity contribution in [2.45, 2.75) is 6.92 Å². The smallest absolute Gasteiger partial charge is 0.263 e. The molecule has 0 unspecified atom stereocenters. The molecule has 2 amide bonds. The van der Waals surface area contributed by atoms with Gasteiger partial charge in [0.15, 0.2) is 0 Å². The molecule has 4 heteroatoms. The lowest BCUT2D eigenvalue weighted by Crippen LogP contribution is -2.24. The molecular weight excluding hydrogens is 324 g/mol. The molecule has 1 aliphatic rings. The number of hydrogen-bond donors (Lipinski definition) is 0. The van der Waals surface area contributed by atoms with E-state index in [0.29, 0.717) is 11.1 Å². The molecule has 0 fully saturated rings.